The Morgan fingerprint density at radius 1 is 1.43 bits per heavy atom. The van der Waals surface area contributed by atoms with E-state index in [0.29, 0.717) is 0 Å². The fourth-order valence-corrected chi connectivity index (χ4v) is 2.58. The summed E-state index contributed by atoms with van der Waals surface area (Å²) in [6.07, 6.45) is 2.42. The van der Waals surface area contributed by atoms with Gasteiger partial charge in [0.15, 0.2) is 0 Å². The average molecular weight is 295 g/mol. The summed E-state index contributed by atoms with van der Waals surface area (Å²) in [7, 11) is 0. The Kier molecular flexibility index (Phi) is 4.86. The second-order valence-electron chi connectivity index (χ2n) is 5.28. The molecule has 9 nitrogen and oxygen atoms in total. The molecule has 1 atom stereocenters. The number of likely N-dealkylation sites (tertiary alicyclic amines) is 1. The highest BCUT2D eigenvalue weighted by Gasteiger charge is 2.24. The maximum atomic E-state index is 11.2. The van der Waals surface area contributed by atoms with E-state index < -0.39 is 4.92 Å². The molecule has 116 valence electrons. The van der Waals surface area contributed by atoms with Crippen LogP contribution in [0.15, 0.2) is 0 Å². The molecule has 2 rings (SSSR count). The summed E-state index contributed by atoms with van der Waals surface area (Å²) in [5.74, 6) is 5.66. The first-order valence-electron chi connectivity index (χ1n) is 6.99. The van der Waals surface area contributed by atoms with Crippen molar-refractivity contribution < 1.29 is 4.92 Å². The van der Waals surface area contributed by atoms with E-state index in [9.17, 15) is 10.1 Å². The van der Waals surface area contributed by atoms with Crippen molar-refractivity contribution in [1.82, 2.24) is 14.9 Å². The monoisotopic (exact) mass is 295 g/mol. The Hall–Kier alpha value is -2.00. The molecule has 0 radical (unpaired) electrons. The minimum absolute atomic E-state index is 0.0433. The van der Waals surface area contributed by atoms with Crippen LogP contribution in [0.3, 0.4) is 0 Å². The lowest BCUT2D eigenvalue weighted by molar-refractivity contribution is -0.385. The first kappa shape index (κ1) is 15.4. The zero-order chi connectivity index (χ0) is 15.4. The molecular weight excluding hydrogens is 274 g/mol. The Bertz CT molecular complexity index is 517. The van der Waals surface area contributed by atoms with Gasteiger partial charge in [-0.15, -0.1) is 0 Å². The summed E-state index contributed by atoms with van der Waals surface area (Å²) in [6, 6.07) is 0.0433. The summed E-state index contributed by atoms with van der Waals surface area (Å²) in [4.78, 5) is 21.1. The minimum atomic E-state index is -0.472. The molecule has 0 saturated carbocycles. The van der Waals surface area contributed by atoms with Gasteiger partial charge in [0.1, 0.15) is 5.69 Å². The fourth-order valence-electron chi connectivity index (χ4n) is 2.58. The van der Waals surface area contributed by atoms with Crippen LogP contribution in [0, 0.1) is 17.0 Å². The molecular formula is C12H21N7O2. The Balaban J connectivity index is 2.16. The van der Waals surface area contributed by atoms with Crippen LogP contribution < -0.4 is 16.6 Å². The highest BCUT2D eigenvalue weighted by molar-refractivity contribution is 5.61. The molecule has 0 amide bonds. The third kappa shape index (κ3) is 3.76. The number of nitrogens with one attached hydrogen (secondary N) is 2. The number of nitrogens with zero attached hydrogens (tertiary/aromatic N) is 4. The number of nitrogen functional groups attached to an aromatic ring is 1. The zero-order valence-electron chi connectivity index (χ0n) is 12.3. The molecule has 0 aliphatic carbocycles. The molecule has 1 aromatic heterocycles. The number of hydrogen-bond donors (Lipinski definition) is 3. The lowest BCUT2D eigenvalue weighted by Crippen LogP contribution is -2.33. The summed E-state index contributed by atoms with van der Waals surface area (Å²) >= 11 is 0. The van der Waals surface area contributed by atoms with Gasteiger partial charge in [0.05, 0.1) is 4.92 Å². The van der Waals surface area contributed by atoms with Gasteiger partial charge in [-0.05, 0) is 39.8 Å². The maximum absolute atomic E-state index is 11.2. The predicted octanol–water partition coefficient (Wildman–Crippen LogP) is 0.875. The molecule has 0 aromatic carbocycles. The number of aryl methyl sites for hydroxylation is 1. The van der Waals surface area contributed by atoms with E-state index in [2.05, 4.69) is 25.6 Å². The topological polar surface area (TPSA) is 122 Å². The van der Waals surface area contributed by atoms with Gasteiger partial charge in [-0.25, -0.2) is 10.8 Å². The Morgan fingerprint density at radius 2 is 2.10 bits per heavy atom. The Labute approximate surface area is 123 Å². The van der Waals surface area contributed by atoms with Crippen LogP contribution in [0.25, 0.3) is 0 Å². The number of hydrogen-bond acceptors (Lipinski definition) is 8. The number of hydrazine groups is 1. The van der Waals surface area contributed by atoms with Crippen molar-refractivity contribution in [3.8, 4) is 0 Å². The van der Waals surface area contributed by atoms with Crippen molar-refractivity contribution in [2.24, 2.45) is 5.84 Å². The van der Waals surface area contributed by atoms with Gasteiger partial charge in [-0.3, -0.25) is 15.5 Å². The summed E-state index contributed by atoms with van der Waals surface area (Å²) in [5.41, 5.74) is 2.49. The fraction of sp³-hybridized carbons (Fsp3) is 0.667. The quantitative estimate of drug-likeness (QED) is 0.401. The lowest BCUT2D eigenvalue weighted by atomic mass is 10.3. The van der Waals surface area contributed by atoms with Crippen LogP contribution in [-0.2, 0) is 0 Å². The van der Waals surface area contributed by atoms with E-state index in [1.54, 1.807) is 6.92 Å². The van der Waals surface area contributed by atoms with Gasteiger partial charge < -0.3 is 10.2 Å². The summed E-state index contributed by atoms with van der Waals surface area (Å²) in [5, 5.41) is 14.3. The standard InChI is InChI=1S/C12H21N7O2/c1-8(7-18-5-3-4-6-18)14-11-10(19(20)21)9(2)15-12(16-11)17-13/h8H,3-7,13H2,1-2H3,(H2,14,15,16,17). The molecule has 1 aliphatic heterocycles. The van der Waals surface area contributed by atoms with Crippen molar-refractivity contribution in [2.45, 2.75) is 32.7 Å². The Morgan fingerprint density at radius 3 is 2.67 bits per heavy atom. The third-order valence-electron chi connectivity index (χ3n) is 3.48. The number of rotatable bonds is 6. The molecule has 21 heavy (non-hydrogen) atoms. The first-order chi connectivity index (χ1) is 10.0. The number of aromatic nitrogens is 2. The van der Waals surface area contributed by atoms with E-state index >= 15 is 0 Å². The molecule has 0 spiro atoms. The van der Waals surface area contributed by atoms with Crippen molar-refractivity contribution >= 4 is 17.5 Å². The predicted molar refractivity (Wildman–Crippen MR) is 80.0 cm³/mol. The van der Waals surface area contributed by atoms with Gasteiger partial charge in [0.2, 0.25) is 11.8 Å². The SMILES string of the molecule is Cc1nc(NN)nc(NC(C)CN2CCCC2)c1[N+](=O)[O-]. The van der Waals surface area contributed by atoms with Crippen molar-refractivity contribution in [2.75, 3.05) is 30.4 Å². The largest absolute Gasteiger partial charge is 0.360 e. The van der Waals surface area contributed by atoms with Crippen LogP contribution >= 0.6 is 0 Å². The molecule has 1 saturated heterocycles. The molecule has 0 bridgehead atoms. The van der Waals surface area contributed by atoms with Crippen LogP contribution in [-0.4, -0.2) is 45.5 Å². The molecule has 4 N–H and O–H groups in total. The highest BCUT2D eigenvalue weighted by Crippen LogP contribution is 2.27. The maximum Gasteiger partial charge on any atom is 0.332 e. The van der Waals surface area contributed by atoms with Gasteiger partial charge >= 0.3 is 5.69 Å². The van der Waals surface area contributed by atoms with E-state index in [-0.39, 0.29) is 29.2 Å². The van der Waals surface area contributed by atoms with Crippen LogP contribution in [0.2, 0.25) is 0 Å². The van der Waals surface area contributed by atoms with Crippen molar-refractivity contribution in [1.29, 1.82) is 0 Å². The average Bonchev–Trinajstić information content (AvgIpc) is 2.90. The van der Waals surface area contributed by atoms with Crippen LogP contribution in [0.5, 0.6) is 0 Å². The van der Waals surface area contributed by atoms with E-state index in [0.717, 1.165) is 19.6 Å². The molecule has 1 fully saturated rings. The van der Waals surface area contributed by atoms with E-state index in [1.807, 2.05) is 6.92 Å². The van der Waals surface area contributed by atoms with Crippen molar-refractivity contribution in [3.63, 3.8) is 0 Å². The molecule has 9 heteroatoms. The highest BCUT2D eigenvalue weighted by atomic mass is 16.6. The summed E-state index contributed by atoms with van der Waals surface area (Å²) in [6.45, 7) is 6.52. The van der Waals surface area contributed by atoms with E-state index in [1.165, 1.54) is 12.8 Å². The van der Waals surface area contributed by atoms with Crippen LogP contribution in [0.4, 0.5) is 17.5 Å². The van der Waals surface area contributed by atoms with Gasteiger partial charge in [0, 0.05) is 12.6 Å². The van der Waals surface area contributed by atoms with E-state index in [4.69, 9.17) is 5.84 Å². The normalized spacial score (nSPS) is 16.7. The lowest BCUT2D eigenvalue weighted by Gasteiger charge is -2.21. The van der Waals surface area contributed by atoms with Gasteiger partial charge in [-0.2, -0.15) is 4.98 Å². The number of nitrogens with two attached hydrogens (primary N) is 1. The molecule has 1 aromatic rings. The number of nitro groups is 1. The van der Waals surface area contributed by atoms with Crippen LogP contribution in [0.1, 0.15) is 25.5 Å². The molecule has 1 aliphatic rings. The first-order valence-corrected chi connectivity index (χ1v) is 6.99. The second-order valence-corrected chi connectivity index (χ2v) is 5.28. The molecule has 2 heterocycles. The smallest absolute Gasteiger partial charge is 0.332 e. The number of anilines is 2. The minimum Gasteiger partial charge on any atom is -0.360 e. The molecule has 1 unspecified atom stereocenters. The van der Waals surface area contributed by atoms with Crippen molar-refractivity contribution in [3.05, 3.63) is 15.8 Å². The third-order valence-corrected chi connectivity index (χ3v) is 3.48. The second kappa shape index (κ2) is 6.64. The zero-order valence-corrected chi connectivity index (χ0v) is 12.3. The summed E-state index contributed by atoms with van der Waals surface area (Å²) < 4.78 is 0. The van der Waals surface area contributed by atoms with Gasteiger partial charge in [-0.1, -0.05) is 0 Å². The van der Waals surface area contributed by atoms with Gasteiger partial charge in [0.25, 0.3) is 0 Å².